The first-order valence-corrected chi connectivity index (χ1v) is 10.4. The van der Waals surface area contributed by atoms with Crippen LogP contribution in [0.25, 0.3) is 0 Å². The maximum Gasteiger partial charge on any atom is 0.387 e. The van der Waals surface area contributed by atoms with Crippen molar-refractivity contribution >= 4 is 25.5 Å². The van der Waals surface area contributed by atoms with Crippen molar-refractivity contribution in [1.82, 2.24) is 0 Å². The minimum Gasteiger partial charge on any atom is -0.493 e. The van der Waals surface area contributed by atoms with E-state index in [1.54, 1.807) is 0 Å². The zero-order valence-electron chi connectivity index (χ0n) is 13.6. The Morgan fingerprint density at radius 3 is 2.00 bits per heavy atom. The van der Waals surface area contributed by atoms with Crippen molar-refractivity contribution in [3.05, 3.63) is 42.5 Å². The summed E-state index contributed by atoms with van der Waals surface area (Å²) >= 11 is 0. The second-order valence-electron chi connectivity index (χ2n) is 5.09. The quantitative estimate of drug-likeness (QED) is 0.757. The molecule has 0 heterocycles. The number of hydrogen-bond acceptors (Lipinski definition) is 6. The summed E-state index contributed by atoms with van der Waals surface area (Å²) in [6.45, 7) is -3.11. The molecule has 11 heteroatoms. The number of sulfone groups is 1. The van der Waals surface area contributed by atoms with Crippen molar-refractivity contribution in [3.8, 4) is 11.5 Å². The lowest BCUT2D eigenvalue weighted by molar-refractivity contribution is -0.0511. The monoisotopic (exact) mass is 407 g/mol. The molecule has 0 bridgehead atoms. The predicted octanol–water partition coefficient (Wildman–Crippen LogP) is 2.50. The van der Waals surface area contributed by atoms with Gasteiger partial charge < -0.3 is 9.47 Å². The smallest absolute Gasteiger partial charge is 0.387 e. The number of methoxy groups -OCH3 is 1. The normalized spacial score (nSPS) is 12.0. The van der Waals surface area contributed by atoms with Crippen LogP contribution in [0.5, 0.6) is 11.5 Å². The zero-order valence-corrected chi connectivity index (χ0v) is 15.3. The van der Waals surface area contributed by atoms with Gasteiger partial charge in [-0.15, -0.1) is 0 Å². The topological polar surface area (TPSA) is 98.8 Å². The van der Waals surface area contributed by atoms with Crippen LogP contribution in [0.1, 0.15) is 0 Å². The lowest BCUT2D eigenvalue weighted by Gasteiger charge is -2.13. The van der Waals surface area contributed by atoms with Crippen LogP contribution in [-0.4, -0.2) is 36.8 Å². The third-order valence-corrected chi connectivity index (χ3v) is 5.72. The number of halogens is 2. The van der Waals surface area contributed by atoms with E-state index in [4.69, 9.17) is 4.74 Å². The van der Waals surface area contributed by atoms with E-state index in [-0.39, 0.29) is 27.0 Å². The molecule has 0 fully saturated rings. The molecule has 0 saturated carbocycles. The molecule has 0 aromatic heterocycles. The lowest BCUT2D eigenvalue weighted by Crippen LogP contribution is -2.13. The average Bonchev–Trinajstić information content (AvgIpc) is 2.53. The average molecular weight is 407 g/mol. The fourth-order valence-corrected chi connectivity index (χ4v) is 3.69. The minimum atomic E-state index is -4.07. The molecule has 0 unspecified atom stereocenters. The summed E-state index contributed by atoms with van der Waals surface area (Å²) in [4.78, 5) is -0.231. The second kappa shape index (κ2) is 7.46. The second-order valence-corrected chi connectivity index (χ2v) is 8.79. The summed E-state index contributed by atoms with van der Waals surface area (Å²) in [5.74, 6) is -0.333. The van der Waals surface area contributed by atoms with Crippen molar-refractivity contribution in [2.45, 2.75) is 16.4 Å². The summed E-state index contributed by atoms with van der Waals surface area (Å²) in [7, 11) is -6.28. The highest BCUT2D eigenvalue weighted by Crippen LogP contribution is 2.32. The Kier molecular flexibility index (Phi) is 5.71. The highest BCUT2D eigenvalue weighted by Gasteiger charge is 2.18. The van der Waals surface area contributed by atoms with Gasteiger partial charge >= 0.3 is 6.61 Å². The number of rotatable bonds is 7. The molecule has 2 rings (SSSR count). The molecule has 2 aromatic carbocycles. The highest BCUT2D eigenvalue weighted by atomic mass is 32.2. The maximum atomic E-state index is 12.4. The number of alkyl halides is 2. The van der Waals surface area contributed by atoms with E-state index >= 15 is 0 Å². The Morgan fingerprint density at radius 2 is 1.50 bits per heavy atom. The molecule has 0 saturated heterocycles. The van der Waals surface area contributed by atoms with Gasteiger partial charge in [0.15, 0.2) is 21.3 Å². The predicted molar refractivity (Wildman–Crippen MR) is 90.0 cm³/mol. The van der Waals surface area contributed by atoms with Crippen LogP contribution in [0, 0.1) is 0 Å². The van der Waals surface area contributed by atoms with E-state index in [1.165, 1.54) is 19.2 Å². The molecule has 0 spiro atoms. The van der Waals surface area contributed by atoms with Crippen LogP contribution in [0.3, 0.4) is 0 Å². The van der Waals surface area contributed by atoms with E-state index in [2.05, 4.69) is 9.46 Å². The van der Waals surface area contributed by atoms with Crippen molar-refractivity contribution in [2.75, 3.05) is 18.1 Å². The first kappa shape index (κ1) is 19.9. The third-order valence-electron chi connectivity index (χ3n) is 3.19. The molecule has 7 nitrogen and oxygen atoms in total. The number of nitrogens with one attached hydrogen (secondary N) is 1. The summed E-state index contributed by atoms with van der Waals surface area (Å²) in [5, 5.41) is 0. The first-order chi connectivity index (χ1) is 12.0. The maximum absolute atomic E-state index is 12.4. The highest BCUT2D eigenvalue weighted by molar-refractivity contribution is 7.92. The van der Waals surface area contributed by atoms with Gasteiger partial charge in [-0.3, -0.25) is 4.72 Å². The van der Waals surface area contributed by atoms with Crippen LogP contribution in [0.15, 0.2) is 52.3 Å². The summed E-state index contributed by atoms with van der Waals surface area (Å²) in [6, 6.07) is 8.18. The van der Waals surface area contributed by atoms with Gasteiger partial charge in [0, 0.05) is 12.3 Å². The lowest BCUT2D eigenvalue weighted by atomic mass is 10.3. The van der Waals surface area contributed by atoms with Crippen molar-refractivity contribution in [2.24, 2.45) is 0 Å². The molecule has 0 aliphatic carbocycles. The van der Waals surface area contributed by atoms with E-state index < -0.39 is 26.5 Å². The van der Waals surface area contributed by atoms with Gasteiger partial charge in [-0.05, 0) is 36.4 Å². The van der Waals surface area contributed by atoms with Gasteiger partial charge in [0.1, 0.15) is 0 Å². The molecule has 2 aromatic rings. The van der Waals surface area contributed by atoms with E-state index in [0.717, 1.165) is 36.6 Å². The molecular weight excluding hydrogens is 392 g/mol. The minimum absolute atomic E-state index is 0.00533. The Bertz CT molecular complexity index is 989. The van der Waals surface area contributed by atoms with Gasteiger partial charge in [0.25, 0.3) is 10.0 Å². The van der Waals surface area contributed by atoms with Gasteiger partial charge in [-0.2, -0.15) is 8.78 Å². The summed E-state index contributed by atoms with van der Waals surface area (Å²) < 4.78 is 83.8. The number of hydrogen-bond donors (Lipinski definition) is 1. The van der Waals surface area contributed by atoms with E-state index in [1.807, 2.05) is 0 Å². The Labute approximate surface area is 149 Å². The molecule has 26 heavy (non-hydrogen) atoms. The number of sulfonamides is 1. The Balaban J connectivity index is 2.31. The Morgan fingerprint density at radius 1 is 0.923 bits per heavy atom. The number of ether oxygens (including phenoxy) is 2. The van der Waals surface area contributed by atoms with Crippen molar-refractivity contribution < 1.29 is 35.1 Å². The van der Waals surface area contributed by atoms with Crippen LogP contribution in [0.4, 0.5) is 14.5 Å². The molecule has 142 valence electrons. The standard InChI is InChI=1S/C15H15F2NO6S2/c1-23-13-8-3-10(9-14(13)24-15(16)17)18-26(21,22)12-6-4-11(5-7-12)25(2,19)20/h3-9,15,18H,1-2H3. The fourth-order valence-electron chi connectivity index (χ4n) is 2.01. The van der Waals surface area contributed by atoms with E-state index in [0.29, 0.717) is 0 Å². The summed E-state index contributed by atoms with van der Waals surface area (Å²) in [6.07, 6.45) is 0.997. The van der Waals surface area contributed by atoms with Crippen LogP contribution in [-0.2, 0) is 19.9 Å². The molecular formula is C15H15F2NO6S2. The van der Waals surface area contributed by atoms with Crippen molar-refractivity contribution in [3.63, 3.8) is 0 Å². The molecule has 0 aliphatic rings. The summed E-state index contributed by atoms with van der Waals surface area (Å²) in [5.41, 5.74) is -0.0337. The fraction of sp³-hybridized carbons (Fsp3) is 0.200. The molecule has 0 amide bonds. The Hall–Kier alpha value is -2.40. The first-order valence-electron chi connectivity index (χ1n) is 6.99. The molecule has 0 aliphatic heterocycles. The molecule has 1 N–H and O–H groups in total. The van der Waals surface area contributed by atoms with Crippen LogP contribution in [0.2, 0.25) is 0 Å². The number of benzene rings is 2. The van der Waals surface area contributed by atoms with Crippen molar-refractivity contribution in [1.29, 1.82) is 0 Å². The van der Waals surface area contributed by atoms with Gasteiger partial charge in [-0.1, -0.05) is 0 Å². The zero-order chi connectivity index (χ0) is 19.5. The third kappa shape index (κ3) is 4.82. The SMILES string of the molecule is COc1ccc(NS(=O)(=O)c2ccc(S(C)(=O)=O)cc2)cc1OC(F)F. The van der Waals surface area contributed by atoms with Gasteiger partial charge in [0.2, 0.25) is 0 Å². The molecule has 0 atom stereocenters. The number of anilines is 1. The van der Waals surface area contributed by atoms with E-state index in [9.17, 15) is 25.6 Å². The molecule has 0 radical (unpaired) electrons. The van der Waals surface area contributed by atoms with Crippen LogP contribution < -0.4 is 14.2 Å². The van der Waals surface area contributed by atoms with Crippen LogP contribution >= 0.6 is 0 Å². The van der Waals surface area contributed by atoms with Gasteiger partial charge in [-0.25, -0.2) is 16.8 Å². The van der Waals surface area contributed by atoms with Gasteiger partial charge in [0.05, 0.1) is 22.6 Å². The largest absolute Gasteiger partial charge is 0.493 e.